The third-order valence-corrected chi connectivity index (χ3v) is 2.07. The van der Waals surface area contributed by atoms with Gasteiger partial charge in [0.25, 0.3) is 0 Å². The molecule has 0 bridgehead atoms. The van der Waals surface area contributed by atoms with Gasteiger partial charge in [-0.15, -0.1) is 12.4 Å². The maximum absolute atomic E-state index is 11.1. The molecule has 0 fully saturated rings. The Hall–Kier alpha value is -1.13. The molecule has 0 spiro atoms. The third-order valence-electron chi connectivity index (χ3n) is 1.76. The molecule has 0 aliphatic carbocycles. The Balaban J connectivity index is 0.00000196. The summed E-state index contributed by atoms with van der Waals surface area (Å²) < 4.78 is 4.47. The summed E-state index contributed by atoms with van der Waals surface area (Å²) in [5, 5.41) is 12.6. The number of methoxy groups -OCH3 is 1. The van der Waals surface area contributed by atoms with E-state index < -0.39 is 5.97 Å². The molecule has 0 heterocycles. The first-order valence-electron chi connectivity index (χ1n) is 3.88. The molecular formula is C9H11Cl2NO3. The lowest BCUT2D eigenvalue weighted by Crippen LogP contribution is -2.02. The number of carbonyl (C=O) groups is 1. The van der Waals surface area contributed by atoms with E-state index >= 15 is 0 Å². The van der Waals surface area contributed by atoms with E-state index in [-0.39, 0.29) is 23.7 Å². The number of esters is 1. The number of nitrogens with one attached hydrogen (secondary N) is 1. The van der Waals surface area contributed by atoms with Crippen molar-refractivity contribution in [1.29, 1.82) is 0 Å². The summed E-state index contributed by atoms with van der Waals surface area (Å²) in [4.78, 5) is 11.1. The maximum atomic E-state index is 11.1. The summed E-state index contributed by atoms with van der Waals surface area (Å²) in [6.07, 6.45) is 0. The van der Waals surface area contributed by atoms with E-state index in [0.29, 0.717) is 10.7 Å². The fraction of sp³-hybridized carbons (Fsp3) is 0.222. The van der Waals surface area contributed by atoms with Gasteiger partial charge in [0.2, 0.25) is 0 Å². The predicted octanol–water partition coefficient (Wildman–Crippen LogP) is 2.30. The summed E-state index contributed by atoms with van der Waals surface area (Å²) in [6.45, 7) is 0. The van der Waals surface area contributed by atoms with Crippen LogP contribution in [-0.2, 0) is 4.74 Å². The molecule has 0 atom stereocenters. The summed E-state index contributed by atoms with van der Waals surface area (Å²) >= 11 is 5.82. The fourth-order valence-electron chi connectivity index (χ4n) is 1.03. The van der Waals surface area contributed by atoms with Gasteiger partial charge in [0.1, 0.15) is 11.3 Å². The summed E-state index contributed by atoms with van der Waals surface area (Å²) in [7, 11) is 2.90. The minimum absolute atomic E-state index is 0. The molecule has 0 aromatic heterocycles. The second kappa shape index (κ2) is 5.68. The number of hydrogen-bond donors (Lipinski definition) is 2. The normalized spacial score (nSPS) is 9.00. The number of benzene rings is 1. The first kappa shape index (κ1) is 13.9. The molecule has 0 aliphatic heterocycles. The minimum Gasteiger partial charge on any atom is -0.507 e. The van der Waals surface area contributed by atoms with Crippen LogP contribution < -0.4 is 5.32 Å². The first-order chi connectivity index (χ1) is 6.60. The number of carbonyl (C=O) groups excluding carboxylic acids is 1. The zero-order chi connectivity index (χ0) is 10.7. The zero-order valence-corrected chi connectivity index (χ0v) is 9.78. The lowest BCUT2D eigenvalue weighted by atomic mass is 10.2. The molecule has 2 N–H and O–H groups in total. The average Bonchev–Trinajstić information content (AvgIpc) is 2.19. The van der Waals surface area contributed by atoms with Gasteiger partial charge in [0, 0.05) is 13.1 Å². The van der Waals surface area contributed by atoms with Gasteiger partial charge >= 0.3 is 5.97 Å². The van der Waals surface area contributed by atoms with Crippen LogP contribution in [-0.4, -0.2) is 25.2 Å². The van der Waals surface area contributed by atoms with E-state index in [1.54, 1.807) is 7.05 Å². The van der Waals surface area contributed by atoms with E-state index in [1.165, 1.54) is 19.2 Å². The van der Waals surface area contributed by atoms with E-state index in [0.717, 1.165) is 0 Å². The highest BCUT2D eigenvalue weighted by Crippen LogP contribution is 2.30. The number of aromatic hydroxyl groups is 1. The van der Waals surface area contributed by atoms with Gasteiger partial charge in [-0.2, -0.15) is 0 Å². The number of anilines is 1. The van der Waals surface area contributed by atoms with Crippen molar-refractivity contribution < 1.29 is 14.6 Å². The van der Waals surface area contributed by atoms with Gasteiger partial charge in [-0.25, -0.2) is 4.79 Å². The van der Waals surface area contributed by atoms with Gasteiger partial charge in [-0.1, -0.05) is 11.6 Å². The molecule has 1 aromatic carbocycles. The van der Waals surface area contributed by atoms with Crippen molar-refractivity contribution >= 4 is 35.7 Å². The summed E-state index contributed by atoms with van der Waals surface area (Å²) in [5.74, 6) is -0.780. The second-order valence-electron chi connectivity index (χ2n) is 2.59. The predicted molar refractivity (Wildman–Crippen MR) is 61.3 cm³/mol. The highest BCUT2D eigenvalue weighted by Gasteiger charge is 2.14. The molecule has 0 aliphatic rings. The molecule has 0 radical (unpaired) electrons. The molecule has 1 rings (SSSR count). The second-order valence-corrected chi connectivity index (χ2v) is 3.00. The quantitative estimate of drug-likeness (QED) is 0.793. The van der Waals surface area contributed by atoms with Gasteiger partial charge in [0.05, 0.1) is 17.8 Å². The number of rotatable bonds is 2. The number of hydrogen-bond acceptors (Lipinski definition) is 4. The lowest BCUT2D eigenvalue weighted by Gasteiger charge is -2.07. The summed E-state index contributed by atoms with van der Waals surface area (Å²) in [5.41, 5.74) is 0.605. The molecule has 6 heteroatoms. The highest BCUT2D eigenvalue weighted by atomic mass is 35.5. The van der Waals surface area contributed by atoms with Crippen LogP contribution in [0.1, 0.15) is 10.4 Å². The number of halogens is 2. The third kappa shape index (κ3) is 2.91. The van der Waals surface area contributed by atoms with Crippen molar-refractivity contribution in [3.8, 4) is 5.75 Å². The van der Waals surface area contributed by atoms with E-state index in [2.05, 4.69) is 10.1 Å². The van der Waals surface area contributed by atoms with E-state index in [1.807, 2.05) is 0 Å². The number of phenolic OH excluding ortho intramolecular Hbond substituents is 1. The van der Waals surface area contributed by atoms with Crippen LogP contribution in [0.4, 0.5) is 5.69 Å². The van der Waals surface area contributed by atoms with Gasteiger partial charge < -0.3 is 15.2 Å². The van der Waals surface area contributed by atoms with Crippen molar-refractivity contribution in [1.82, 2.24) is 0 Å². The maximum Gasteiger partial charge on any atom is 0.341 e. The minimum atomic E-state index is -0.618. The Morgan fingerprint density at radius 3 is 2.60 bits per heavy atom. The van der Waals surface area contributed by atoms with Gasteiger partial charge in [0.15, 0.2) is 0 Å². The van der Waals surface area contributed by atoms with Crippen LogP contribution in [0.3, 0.4) is 0 Å². The molecule has 1 aromatic rings. The van der Waals surface area contributed by atoms with Crippen LogP contribution >= 0.6 is 24.0 Å². The van der Waals surface area contributed by atoms with E-state index in [4.69, 9.17) is 11.6 Å². The Labute approximate surface area is 98.6 Å². The molecular weight excluding hydrogens is 241 g/mol. The fourth-order valence-corrected chi connectivity index (χ4v) is 1.29. The molecule has 84 valence electrons. The summed E-state index contributed by atoms with van der Waals surface area (Å²) in [6, 6.07) is 2.73. The SMILES string of the molecule is CNc1cc(O)c(C(=O)OC)cc1Cl.Cl. The van der Waals surface area contributed by atoms with Crippen molar-refractivity contribution in [2.45, 2.75) is 0 Å². The van der Waals surface area contributed by atoms with E-state index in [9.17, 15) is 9.90 Å². The van der Waals surface area contributed by atoms with Crippen LogP contribution in [0.5, 0.6) is 5.75 Å². The van der Waals surface area contributed by atoms with Gasteiger partial charge in [-0.05, 0) is 6.07 Å². The monoisotopic (exact) mass is 251 g/mol. The first-order valence-corrected chi connectivity index (χ1v) is 4.26. The molecule has 0 amide bonds. The van der Waals surface area contributed by atoms with Gasteiger partial charge in [-0.3, -0.25) is 0 Å². The molecule has 4 nitrogen and oxygen atoms in total. The van der Waals surface area contributed by atoms with Crippen LogP contribution in [0.25, 0.3) is 0 Å². The lowest BCUT2D eigenvalue weighted by molar-refractivity contribution is 0.0597. The largest absolute Gasteiger partial charge is 0.507 e. The number of phenols is 1. The molecule has 0 saturated heterocycles. The molecule has 0 unspecified atom stereocenters. The average molecular weight is 252 g/mol. The Morgan fingerprint density at radius 2 is 2.13 bits per heavy atom. The Kier molecular flexibility index (Phi) is 5.25. The Bertz CT molecular complexity index is 369. The Morgan fingerprint density at radius 1 is 1.53 bits per heavy atom. The van der Waals surface area contributed by atoms with Crippen molar-refractivity contribution in [2.24, 2.45) is 0 Å². The molecule has 0 saturated carbocycles. The van der Waals surface area contributed by atoms with Crippen LogP contribution in [0, 0.1) is 0 Å². The highest BCUT2D eigenvalue weighted by molar-refractivity contribution is 6.33. The standard InChI is InChI=1S/C9H10ClNO3.ClH/c1-11-7-4-8(12)5(3-6(7)10)9(13)14-2;/h3-4,11-12H,1-2H3;1H. The zero-order valence-electron chi connectivity index (χ0n) is 8.20. The van der Waals surface area contributed by atoms with Crippen molar-refractivity contribution in [3.63, 3.8) is 0 Å². The number of ether oxygens (including phenoxy) is 1. The smallest absolute Gasteiger partial charge is 0.341 e. The van der Waals surface area contributed by atoms with Crippen LogP contribution in [0.15, 0.2) is 12.1 Å². The molecule has 15 heavy (non-hydrogen) atoms. The van der Waals surface area contributed by atoms with Crippen LogP contribution in [0.2, 0.25) is 5.02 Å². The van der Waals surface area contributed by atoms with Crippen molar-refractivity contribution in [3.05, 3.63) is 22.7 Å². The topological polar surface area (TPSA) is 58.6 Å². The van der Waals surface area contributed by atoms with Crippen molar-refractivity contribution in [2.75, 3.05) is 19.5 Å².